The Bertz CT molecular complexity index is 456. The molecule has 1 fully saturated rings. The molecule has 1 aromatic rings. The van der Waals surface area contributed by atoms with Crippen LogP contribution in [0, 0.1) is 5.92 Å². The van der Waals surface area contributed by atoms with Crippen molar-refractivity contribution >= 4 is 5.69 Å². The van der Waals surface area contributed by atoms with Crippen LogP contribution in [0.3, 0.4) is 0 Å². The summed E-state index contributed by atoms with van der Waals surface area (Å²) in [6.07, 6.45) is -3.06. The van der Waals surface area contributed by atoms with Crippen LogP contribution in [0.5, 0.6) is 0 Å². The van der Waals surface area contributed by atoms with Crippen LogP contribution in [0.2, 0.25) is 0 Å². The summed E-state index contributed by atoms with van der Waals surface area (Å²) in [6.45, 7) is 1.77. The quantitative estimate of drug-likeness (QED) is 0.750. The zero-order valence-electron chi connectivity index (χ0n) is 11.1. The number of nitrogen functional groups attached to an aromatic ring is 1. The first kappa shape index (κ1) is 15.1. The number of alkyl halides is 3. The normalized spacial score (nSPS) is 19.0. The zero-order valence-corrected chi connectivity index (χ0v) is 11.1. The number of rotatable bonds is 3. The molecule has 1 atom stereocenters. The summed E-state index contributed by atoms with van der Waals surface area (Å²) in [7, 11) is 0. The van der Waals surface area contributed by atoms with Crippen LogP contribution in [-0.2, 0) is 6.18 Å². The predicted molar refractivity (Wildman–Crippen MR) is 71.0 cm³/mol. The first-order valence-corrected chi connectivity index (χ1v) is 6.73. The van der Waals surface area contributed by atoms with Crippen molar-refractivity contribution in [1.29, 1.82) is 0 Å². The van der Waals surface area contributed by atoms with Crippen molar-refractivity contribution in [2.45, 2.75) is 31.5 Å². The smallest absolute Gasteiger partial charge is 0.398 e. The van der Waals surface area contributed by atoms with Gasteiger partial charge in [-0.05, 0) is 56.5 Å². The van der Waals surface area contributed by atoms with Crippen molar-refractivity contribution in [2.75, 3.05) is 18.8 Å². The second-order valence-corrected chi connectivity index (χ2v) is 5.29. The molecule has 20 heavy (non-hydrogen) atoms. The van der Waals surface area contributed by atoms with Crippen LogP contribution < -0.4 is 11.1 Å². The second kappa shape index (κ2) is 6.01. The van der Waals surface area contributed by atoms with Gasteiger partial charge in [0.2, 0.25) is 0 Å². The highest BCUT2D eigenvalue weighted by atomic mass is 19.4. The third-order valence-corrected chi connectivity index (χ3v) is 3.79. The molecule has 112 valence electrons. The SMILES string of the molecule is Nc1ccc(C(F)(F)F)cc1C(O)CC1CCNCC1. The number of hydrogen-bond acceptors (Lipinski definition) is 3. The summed E-state index contributed by atoms with van der Waals surface area (Å²) < 4.78 is 38.1. The Morgan fingerprint density at radius 1 is 1.30 bits per heavy atom. The van der Waals surface area contributed by atoms with Crippen molar-refractivity contribution in [3.63, 3.8) is 0 Å². The van der Waals surface area contributed by atoms with E-state index < -0.39 is 17.8 Å². The Labute approximate surface area is 116 Å². The lowest BCUT2D eigenvalue weighted by Crippen LogP contribution is -2.28. The van der Waals surface area contributed by atoms with E-state index in [0.29, 0.717) is 12.3 Å². The molecule has 0 saturated carbocycles. The average molecular weight is 288 g/mol. The molecule has 3 nitrogen and oxygen atoms in total. The van der Waals surface area contributed by atoms with Crippen molar-refractivity contribution in [1.82, 2.24) is 5.32 Å². The van der Waals surface area contributed by atoms with Crippen LogP contribution in [0.1, 0.15) is 36.5 Å². The largest absolute Gasteiger partial charge is 0.416 e. The molecule has 0 radical (unpaired) electrons. The summed E-state index contributed by atoms with van der Waals surface area (Å²) in [5, 5.41) is 13.4. The molecule has 1 aliphatic heterocycles. The van der Waals surface area contributed by atoms with Gasteiger partial charge < -0.3 is 16.2 Å². The van der Waals surface area contributed by atoms with E-state index in [4.69, 9.17) is 5.73 Å². The molecule has 1 aromatic carbocycles. The molecule has 0 aromatic heterocycles. The molecule has 1 heterocycles. The fraction of sp³-hybridized carbons (Fsp3) is 0.571. The fourth-order valence-electron chi connectivity index (χ4n) is 2.60. The third-order valence-electron chi connectivity index (χ3n) is 3.79. The Balaban J connectivity index is 2.13. The number of aliphatic hydroxyl groups excluding tert-OH is 1. The van der Waals surface area contributed by atoms with Crippen LogP contribution in [0.15, 0.2) is 18.2 Å². The standard InChI is InChI=1S/C14H19F3N2O/c15-14(16,17)10-1-2-12(18)11(8-10)13(20)7-9-3-5-19-6-4-9/h1-2,8-9,13,19-20H,3-7,18H2. The number of benzene rings is 1. The van der Waals surface area contributed by atoms with E-state index >= 15 is 0 Å². The number of piperidine rings is 1. The van der Waals surface area contributed by atoms with E-state index in [0.717, 1.165) is 38.1 Å². The molecule has 2 rings (SSSR count). The Morgan fingerprint density at radius 3 is 2.55 bits per heavy atom. The molecule has 0 aliphatic carbocycles. The molecule has 0 bridgehead atoms. The zero-order chi connectivity index (χ0) is 14.8. The Morgan fingerprint density at radius 2 is 1.95 bits per heavy atom. The third kappa shape index (κ3) is 3.64. The molecule has 4 N–H and O–H groups in total. The molecular formula is C14H19F3N2O. The lowest BCUT2D eigenvalue weighted by molar-refractivity contribution is -0.137. The van der Waals surface area contributed by atoms with Gasteiger partial charge in [-0.15, -0.1) is 0 Å². The Hall–Kier alpha value is -1.27. The molecule has 1 aliphatic rings. The maximum absolute atomic E-state index is 12.7. The van der Waals surface area contributed by atoms with Gasteiger partial charge in [0, 0.05) is 11.3 Å². The molecule has 1 unspecified atom stereocenters. The number of aliphatic hydroxyl groups is 1. The van der Waals surface area contributed by atoms with Crippen LogP contribution in [0.25, 0.3) is 0 Å². The van der Waals surface area contributed by atoms with Gasteiger partial charge in [-0.3, -0.25) is 0 Å². The van der Waals surface area contributed by atoms with Gasteiger partial charge in [0.15, 0.2) is 0 Å². The summed E-state index contributed by atoms with van der Waals surface area (Å²) in [5.41, 5.74) is 5.31. The maximum atomic E-state index is 12.7. The minimum absolute atomic E-state index is 0.179. The summed E-state index contributed by atoms with van der Waals surface area (Å²) >= 11 is 0. The number of nitrogens with two attached hydrogens (primary N) is 1. The molecule has 0 amide bonds. The summed E-state index contributed by atoms with van der Waals surface area (Å²) in [5.74, 6) is 0.320. The van der Waals surface area contributed by atoms with Crippen LogP contribution >= 0.6 is 0 Å². The van der Waals surface area contributed by atoms with E-state index in [2.05, 4.69) is 5.32 Å². The van der Waals surface area contributed by atoms with Gasteiger partial charge >= 0.3 is 6.18 Å². The number of anilines is 1. The topological polar surface area (TPSA) is 58.3 Å². The predicted octanol–water partition coefficient (Wildman–Crippen LogP) is 2.71. The van der Waals surface area contributed by atoms with E-state index in [1.165, 1.54) is 6.07 Å². The fourth-order valence-corrected chi connectivity index (χ4v) is 2.60. The maximum Gasteiger partial charge on any atom is 0.416 e. The van der Waals surface area contributed by atoms with Gasteiger partial charge in [0.05, 0.1) is 11.7 Å². The lowest BCUT2D eigenvalue weighted by atomic mass is 9.89. The summed E-state index contributed by atoms with van der Waals surface area (Å²) in [6, 6.07) is 3.11. The van der Waals surface area contributed by atoms with Crippen molar-refractivity contribution < 1.29 is 18.3 Å². The molecule has 6 heteroatoms. The molecule has 1 saturated heterocycles. The van der Waals surface area contributed by atoms with Gasteiger partial charge in [-0.1, -0.05) is 0 Å². The first-order valence-electron chi connectivity index (χ1n) is 6.73. The highest BCUT2D eigenvalue weighted by Gasteiger charge is 2.31. The van der Waals surface area contributed by atoms with E-state index in [9.17, 15) is 18.3 Å². The van der Waals surface area contributed by atoms with E-state index in [-0.39, 0.29) is 11.3 Å². The summed E-state index contributed by atoms with van der Waals surface area (Å²) in [4.78, 5) is 0. The lowest BCUT2D eigenvalue weighted by Gasteiger charge is -2.25. The van der Waals surface area contributed by atoms with E-state index in [1.807, 2.05) is 0 Å². The number of halogens is 3. The van der Waals surface area contributed by atoms with Gasteiger partial charge in [-0.25, -0.2) is 0 Å². The van der Waals surface area contributed by atoms with Crippen molar-refractivity contribution in [3.05, 3.63) is 29.3 Å². The molecular weight excluding hydrogens is 269 g/mol. The van der Waals surface area contributed by atoms with E-state index in [1.54, 1.807) is 0 Å². The first-order chi connectivity index (χ1) is 9.38. The monoisotopic (exact) mass is 288 g/mol. The highest BCUT2D eigenvalue weighted by Crippen LogP contribution is 2.35. The highest BCUT2D eigenvalue weighted by molar-refractivity contribution is 5.50. The number of nitrogens with one attached hydrogen (secondary N) is 1. The van der Waals surface area contributed by atoms with Gasteiger partial charge in [0.25, 0.3) is 0 Å². The van der Waals surface area contributed by atoms with Crippen LogP contribution in [0.4, 0.5) is 18.9 Å². The number of hydrogen-bond donors (Lipinski definition) is 3. The molecule has 0 spiro atoms. The second-order valence-electron chi connectivity index (χ2n) is 5.29. The minimum atomic E-state index is -4.42. The van der Waals surface area contributed by atoms with Crippen molar-refractivity contribution in [2.24, 2.45) is 5.92 Å². The average Bonchev–Trinajstić information content (AvgIpc) is 2.39. The Kier molecular flexibility index (Phi) is 4.55. The van der Waals surface area contributed by atoms with Crippen molar-refractivity contribution in [3.8, 4) is 0 Å². The van der Waals surface area contributed by atoms with Gasteiger partial charge in [0.1, 0.15) is 0 Å². The minimum Gasteiger partial charge on any atom is -0.398 e. The van der Waals surface area contributed by atoms with Crippen LogP contribution in [-0.4, -0.2) is 18.2 Å². The van der Waals surface area contributed by atoms with Gasteiger partial charge in [-0.2, -0.15) is 13.2 Å².